The molecule has 1 fully saturated rings. The molecule has 5 atom stereocenters. The highest BCUT2D eigenvalue weighted by atomic mass is 32.1. The smallest absolute Gasteiger partial charge is 0.186 e. The normalized spacial score (nSPS) is 38.3. The van der Waals surface area contributed by atoms with E-state index >= 15 is 0 Å². The van der Waals surface area contributed by atoms with E-state index in [2.05, 4.69) is 12.6 Å². The Morgan fingerprint density at radius 2 is 1.76 bits per heavy atom. The minimum Gasteiger partial charge on any atom is -0.388 e. The number of aliphatic hydroxyl groups excluding tert-OH is 3. The van der Waals surface area contributed by atoms with Gasteiger partial charge in [-0.15, -0.1) is 0 Å². The lowest BCUT2D eigenvalue weighted by molar-refractivity contribution is -0.293. The Kier molecular flexibility index (Phi) is 6.76. The Morgan fingerprint density at radius 3 is 2.41 bits per heavy atom. The first kappa shape index (κ1) is 15.2. The Bertz CT molecular complexity index is 216. The van der Waals surface area contributed by atoms with Gasteiger partial charge in [-0.05, 0) is 25.5 Å². The molecular weight excluding hydrogens is 244 g/mol. The highest BCUT2D eigenvalue weighted by Gasteiger charge is 2.42. The van der Waals surface area contributed by atoms with E-state index in [1.807, 2.05) is 0 Å². The van der Waals surface area contributed by atoms with Crippen molar-refractivity contribution in [2.45, 2.75) is 56.9 Å². The van der Waals surface area contributed by atoms with Crippen LogP contribution in [0.5, 0.6) is 0 Å². The summed E-state index contributed by atoms with van der Waals surface area (Å²) in [4.78, 5) is 0. The fraction of sp³-hybridized carbons (Fsp3) is 1.00. The van der Waals surface area contributed by atoms with Crippen LogP contribution in [0.3, 0.4) is 0 Å². The molecule has 1 heterocycles. The zero-order chi connectivity index (χ0) is 12.8. The second kappa shape index (κ2) is 7.56. The van der Waals surface area contributed by atoms with E-state index in [4.69, 9.17) is 9.47 Å². The van der Waals surface area contributed by atoms with Gasteiger partial charge in [0.25, 0.3) is 0 Å². The lowest BCUT2D eigenvalue weighted by Crippen LogP contribution is -2.57. The van der Waals surface area contributed by atoms with Gasteiger partial charge in [-0.3, -0.25) is 0 Å². The molecule has 0 aromatic rings. The van der Waals surface area contributed by atoms with Crippen molar-refractivity contribution in [2.75, 3.05) is 12.4 Å². The molecular formula is C11H22O5S. The van der Waals surface area contributed by atoms with Crippen LogP contribution in [-0.4, -0.2) is 58.4 Å². The van der Waals surface area contributed by atoms with Gasteiger partial charge in [0.2, 0.25) is 0 Å². The molecule has 102 valence electrons. The average molecular weight is 266 g/mol. The predicted octanol–water partition coefficient (Wildman–Crippen LogP) is -0.0694. The van der Waals surface area contributed by atoms with E-state index in [-0.39, 0.29) is 0 Å². The number of unbranched alkanes of at least 4 members (excludes halogenated alkanes) is 2. The number of aliphatic hydroxyl groups is 3. The van der Waals surface area contributed by atoms with Gasteiger partial charge in [-0.25, -0.2) is 0 Å². The molecule has 3 unspecified atom stereocenters. The van der Waals surface area contributed by atoms with Crippen LogP contribution >= 0.6 is 12.6 Å². The third kappa shape index (κ3) is 4.39. The molecule has 6 heteroatoms. The first-order chi connectivity index (χ1) is 8.07. The van der Waals surface area contributed by atoms with Gasteiger partial charge in [0.1, 0.15) is 18.3 Å². The number of ether oxygens (including phenoxy) is 2. The summed E-state index contributed by atoms with van der Waals surface area (Å²) in [6.45, 7) is 2.10. The van der Waals surface area contributed by atoms with Gasteiger partial charge in [-0.2, -0.15) is 12.6 Å². The molecule has 0 aromatic carbocycles. The van der Waals surface area contributed by atoms with Gasteiger partial charge in [0, 0.05) is 6.61 Å². The summed E-state index contributed by atoms with van der Waals surface area (Å²) in [5.74, 6) is 0.852. The van der Waals surface area contributed by atoms with Gasteiger partial charge >= 0.3 is 0 Å². The first-order valence-electron chi connectivity index (χ1n) is 6.00. The number of thiol groups is 1. The third-order valence-corrected chi connectivity index (χ3v) is 3.21. The lowest BCUT2D eigenvalue weighted by Gasteiger charge is -2.38. The number of rotatable bonds is 6. The largest absolute Gasteiger partial charge is 0.388 e. The maximum Gasteiger partial charge on any atom is 0.186 e. The van der Waals surface area contributed by atoms with Crippen molar-refractivity contribution in [1.29, 1.82) is 0 Å². The van der Waals surface area contributed by atoms with E-state index in [0.29, 0.717) is 6.61 Å². The van der Waals surface area contributed by atoms with Crippen molar-refractivity contribution in [3.8, 4) is 0 Å². The first-order valence-corrected chi connectivity index (χ1v) is 6.63. The molecule has 3 N–H and O–H groups in total. The average Bonchev–Trinajstić information content (AvgIpc) is 2.32. The molecule has 1 aliphatic rings. The second-order valence-electron chi connectivity index (χ2n) is 4.34. The Hall–Kier alpha value is 0.150. The quantitative estimate of drug-likeness (QED) is 0.400. The Labute approximate surface area is 107 Å². The summed E-state index contributed by atoms with van der Waals surface area (Å²) in [7, 11) is 0. The van der Waals surface area contributed by atoms with Gasteiger partial charge in [-0.1, -0.05) is 6.42 Å². The maximum absolute atomic E-state index is 9.66. The minimum absolute atomic E-state index is 0.463. The van der Waals surface area contributed by atoms with E-state index in [0.717, 1.165) is 25.0 Å². The van der Waals surface area contributed by atoms with Crippen molar-refractivity contribution in [2.24, 2.45) is 0 Å². The Balaban J connectivity index is 2.28. The van der Waals surface area contributed by atoms with Crippen molar-refractivity contribution in [1.82, 2.24) is 0 Å². The van der Waals surface area contributed by atoms with Crippen molar-refractivity contribution >= 4 is 12.6 Å². The molecule has 0 radical (unpaired) electrons. The van der Waals surface area contributed by atoms with Crippen LogP contribution in [-0.2, 0) is 9.47 Å². The second-order valence-corrected chi connectivity index (χ2v) is 4.78. The van der Waals surface area contributed by atoms with Gasteiger partial charge in [0.05, 0.1) is 6.10 Å². The summed E-state index contributed by atoms with van der Waals surface area (Å²) < 4.78 is 10.7. The van der Waals surface area contributed by atoms with Crippen LogP contribution in [0.25, 0.3) is 0 Å². The van der Waals surface area contributed by atoms with Crippen LogP contribution in [0, 0.1) is 0 Å². The molecule has 0 spiro atoms. The Morgan fingerprint density at radius 1 is 1.06 bits per heavy atom. The van der Waals surface area contributed by atoms with E-state index in [1.165, 1.54) is 0 Å². The molecule has 0 saturated carbocycles. The van der Waals surface area contributed by atoms with Crippen LogP contribution in [0.1, 0.15) is 26.2 Å². The highest BCUT2D eigenvalue weighted by molar-refractivity contribution is 7.80. The minimum atomic E-state index is -1.22. The van der Waals surface area contributed by atoms with Crippen molar-refractivity contribution in [3.05, 3.63) is 0 Å². The summed E-state index contributed by atoms with van der Waals surface area (Å²) in [6, 6.07) is 0. The lowest BCUT2D eigenvalue weighted by atomic mass is 10.0. The SMILES string of the molecule is CC1OC(OCCCCCS)[C@@H](O)[C@@H](O)C1O. The molecule has 17 heavy (non-hydrogen) atoms. The molecule has 0 amide bonds. The molecule has 0 aliphatic carbocycles. The zero-order valence-electron chi connectivity index (χ0n) is 10.0. The monoisotopic (exact) mass is 266 g/mol. The van der Waals surface area contributed by atoms with Crippen molar-refractivity contribution < 1.29 is 24.8 Å². The van der Waals surface area contributed by atoms with E-state index < -0.39 is 30.7 Å². The van der Waals surface area contributed by atoms with Crippen LogP contribution in [0.2, 0.25) is 0 Å². The number of hydrogen-bond acceptors (Lipinski definition) is 6. The summed E-state index contributed by atoms with van der Waals surface area (Å²) >= 11 is 4.11. The summed E-state index contributed by atoms with van der Waals surface area (Å²) in [5, 5.41) is 28.7. The van der Waals surface area contributed by atoms with E-state index in [9.17, 15) is 15.3 Å². The zero-order valence-corrected chi connectivity index (χ0v) is 10.9. The summed E-state index contributed by atoms with van der Waals surface area (Å²) in [6.07, 6.45) is -2.01. The topological polar surface area (TPSA) is 79.2 Å². The molecule has 0 aromatic heterocycles. The predicted molar refractivity (Wildman–Crippen MR) is 66.0 cm³/mol. The molecule has 1 aliphatic heterocycles. The molecule has 5 nitrogen and oxygen atoms in total. The van der Waals surface area contributed by atoms with E-state index in [1.54, 1.807) is 6.92 Å². The highest BCUT2D eigenvalue weighted by Crippen LogP contribution is 2.21. The third-order valence-electron chi connectivity index (χ3n) is 2.89. The summed E-state index contributed by atoms with van der Waals surface area (Å²) in [5.41, 5.74) is 0. The van der Waals surface area contributed by atoms with Gasteiger partial charge in [0.15, 0.2) is 6.29 Å². The maximum atomic E-state index is 9.66. The fourth-order valence-corrected chi connectivity index (χ4v) is 1.96. The van der Waals surface area contributed by atoms with Crippen molar-refractivity contribution in [3.63, 3.8) is 0 Å². The van der Waals surface area contributed by atoms with Gasteiger partial charge < -0.3 is 24.8 Å². The molecule has 0 bridgehead atoms. The molecule has 1 saturated heterocycles. The van der Waals surface area contributed by atoms with Crippen LogP contribution in [0.15, 0.2) is 0 Å². The number of hydrogen-bond donors (Lipinski definition) is 4. The standard InChI is InChI=1S/C11H22O5S/c1-7-8(12)9(13)10(14)11(16-7)15-5-3-2-4-6-17/h7-14,17H,2-6H2,1H3/t7?,8?,9-,10-,11?/m0/s1. The fourth-order valence-electron chi connectivity index (χ4n) is 1.74. The van der Waals surface area contributed by atoms with Crippen LogP contribution < -0.4 is 0 Å². The molecule has 1 rings (SSSR count). The van der Waals surface area contributed by atoms with Crippen LogP contribution in [0.4, 0.5) is 0 Å².